The number of thiophene rings is 1. The van der Waals surface area contributed by atoms with Gasteiger partial charge in [0, 0.05) is 12.0 Å². The van der Waals surface area contributed by atoms with Crippen LogP contribution in [0.15, 0.2) is 65.1 Å². The van der Waals surface area contributed by atoms with Gasteiger partial charge in [0.05, 0.1) is 30.3 Å². The van der Waals surface area contributed by atoms with Crippen molar-refractivity contribution in [2.24, 2.45) is 5.10 Å². The number of methoxy groups -OCH3 is 1. The fraction of sp³-hybridized carbons (Fsp3) is 0.261. The van der Waals surface area contributed by atoms with E-state index < -0.39 is 0 Å². The van der Waals surface area contributed by atoms with Gasteiger partial charge in [-0.1, -0.05) is 18.2 Å². The molecule has 2 unspecified atom stereocenters. The standard InChI is InChI=1S/C23H22N2O3S/c1-3-27-16-11-9-15(10-12-16)18-14-19-17-6-4-7-20(26-2)22(17)28-23(25(19)24-18)21-8-5-13-29-21/h4-13,19,23H,3,14H2,1-2H3. The maximum absolute atomic E-state index is 6.43. The van der Waals surface area contributed by atoms with Crippen molar-refractivity contribution in [2.45, 2.75) is 25.6 Å². The molecule has 0 saturated carbocycles. The number of ether oxygens (including phenoxy) is 3. The monoisotopic (exact) mass is 406 g/mol. The molecule has 0 saturated heterocycles. The molecule has 0 radical (unpaired) electrons. The number of hydrogen-bond acceptors (Lipinski definition) is 6. The molecule has 0 aliphatic carbocycles. The van der Waals surface area contributed by atoms with E-state index in [1.807, 2.05) is 37.3 Å². The Morgan fingerprint density at radius 1 is 1.14 bits per heavy atom. The van der Waals surface area contributed by atoms with Crippen LogP contribution in [-0.2, 0) is 0 Å². The summed E-state index contributed by atoms with van der Waals surface area (Å²) < 4.78 is 17.6. The molecule has 1 aromatic heterocycles. The van der Waals surface area contributed by atoms with Gasteiger partial charge in [0.1, 0.15) is 5.75 Å². The molecular formula is C23H22N2O3S. The summed E-state index contributed by atoms with van der Waals surface area (Å²) in [5, 5.41) is 9.16. The Morgan fingerprint density at radius 3 is 2.72 bits per heavy atom. The molecule has 0 fully saturated rings. The summed E-state index contributed by atoms with van der Waals surface area (Å²) in [6.07, 6.45) is 0.559. The molecule has 148 valence electrons. The molecule has 0 spiro atoms. The van der Waals surface area contributed by atoms with E-state index in [1.165, 1.54) is 0 Å². The molecule has 5 nitrogen and oxygen atoms in total. The van der Waals surface area contributed by atoms with Crippen molar-refractivity contribution in [3.05, 3.63) is 76.0 Å². The minimum atomic E-state index is -0.260. The van der Waals surface area contributed by atoms with Crippen LogP contribution in [0, 0.1) is 0 Å². The lowest BCUT2D eigenvalue weighted by Gasteiger charge is -2.38. The number of para-hydroxylation sites is 1. The summed E-state index contributed by atoms with van der Waals surface area (Å²) in [5.74, 6) is 2.46. The SMILES string of the molecule is CCOc1ccc(C2=NN3C(C2)c2cccc(OC)c2OC3c2cccs2)cc1. The number of hydrogen-bond donors (Lipinski definition) is 0. The van der Waals surface area contributed by atoms with E-state index in [0.29, 0.717) is 6.61 Å². The van der Waals surface area contributed by atoms with Crippen LogP contribution in [0.25, 0.3) is 0 Å². The Kier molecular flexibility index (Phi) is 4.64. The number of hydrazone groups is 1. The fourth-order valence-corrected chi connectivity index (χ4v) is 4.69. The first-order valence-corrected chi connectivity index (χ1v) is 10.6. The van der Waals surface area contributed by atoms with Gasteiger partial charge in [-0.3, -0.25) is 0 Å². The molecule has 29 heavy (non-hydrogen) atoms. The minimum Gasteiger partial charge on any atom is -0.494 e. The van der Waals surface area contributed by atoms with E-state index in [4.69, 9.17) is 19.3 Å². The van der Waals surface area contributed by atoms with Crippen LogP contribution in [0.3, 0.4) is 0 Å². The van der Waals surface area contributed by atoms with Gasteiger partial charge >= 0.3 is 0 Å². The molecule has 0 bridgehead atoms. The molecule has 2 atom stereocenters. The number of rotatable bonds is 5. The van der Waals surface area contributed by atoms with E-state index in [2.05, 4.69) is 34.7 Å². The van der Waals surface area contributed by atoms with Crippen LogP contribution in [0.2, 0.25) is 0 Å². The van der Waals surface area contributed by atoms with Crippen molar-refractivity contribution in [3.8, 4) is 17.2 Å². The van der Waals surface area contributed by atoms with Gasteiger partial charge in [-0.25, -0.2) is 5.01 Å². The van der Waals surface area contributed by atoms with Crippen LogP contribution in [0.1, 0.15) is 41.6 Å². The van der Waals surface area contributed by atoms with Gasteiger partial charge < -0.3 is 14.2 Å². The molecule has 3 aromatic rings. The molecule has 0 amide bonds. The van der Waals surface area contributed by atoms with Crippen LogP contribution < -0.4 is 14.2 Å². The number of fused-ring (bicyclic) bond motifs is 3. The lowest BCUT2D eigenvalue weighted by atomic mass is 9.96. The normalized spacial score (nSPS) is 19.8. The second-order valence-electron chi connectivity index (χ2n) is 6.97. The number of nitrogens with zero attached hydrogens (tertiary/aromatic N) is 2. The molecule has 0 N–H and O–H groups in total. The summed E-state index contributed by atoms with van der Waals surface area (Å²) in [7, 11) is 1.68. The highest BCUT2D eigenvalue weighted by atomic mass is 32.1. The van der Waals surface area contributed by atoms with E-state index >= 15 is 0 Å². The molecular weight excluding hydrogens is 384 g/mol. The van der Waals surface area contributed by atoms with Crippen molar-refractivity contribution in [1.29, 1.82) is 0 Å². The van der Waals surface area contributed by atoms with Crippen molar-refractivity contribution >= 4 is 17.0 Å². The largest absolute Gasteiger partial charge is 0.494 e. The Bertz CT molecular complexity index is 1030. The van der Waals surface area contributed by atoms with Crippen LogP contribution in [-0.4, -0.2) is 24.4 Å². The van der Waals surface area contributed by atoms with Crippen molar-refractivity contribution in [3.63, 3.8) is 0 Å². The number of benzene rings is 2. The van der Waals surface area contributed by atoms with Crippen LogP contribution in [0.5, 0.6) is 17.2 Å². The molecule has 5 rings (SSSR count). The summed E-state index contributed by atoms with van der Waals surface area (Å²) in [5.41, 5.74) is 3.28. The van der Waals surface area contributed by atoms with Gasteiger partial charge in [0.2, 0.25) is 6.23 Å². The third-order valence-corrected chi connectivity index (χ3v) is 6.19. The van der Waals surface area contributed by atoms with Gasteiger partial charge in [-0.15, -0.1) is 11.3 Å². The average molecular weight is 407 g/mol. The maximum atomic E-state index is 6.43. The second-order valence-corrected chi connectivity index (χ2v) is 7.95. The third kappa shape index (κ3) is 3.13. The lowest BCUT2D eigenvalue weighted by molar-refractivity contribution is -0.0184. The molecule has 2 aromatic carbocycles. The first kappa shape index (κ1) is 18.1. The Morgan fingerprint density at radius 2 is 2.00 bits per heavy atom. The van der Waals surface area contributed by atoms with E-state index in [0.717, 1.165) is 45.4 Å². The summed E-state index contributed by atoms with van der Waals surface area (Å²) in [4.78, 5) is 1.13. The van der Waals surface area contributed by atoms with Gasteiger partial charge in [0.15, 0.2) is 11.5 Å². The Balaban J connectivity index is 1.54. The topological polar surface area (TPSA) is 43.3 Å². The van der Waals surface area contributed by atoms with E-state index in [1.54, 1.807) is 18.4 Å². The zero-order valence-corrected chi connectivity index (χ0v) is 17.2. The summed E-state index contributed by atoms with van der Waals surface area (Å²) in [6, 6.07) is 18.5. The van der Waals surface area contributed by atoms with Gasteiger partial charge in [0.25, 0.3) is 0 Å². The van der Waals surface area contributed by atoms with Crippen molar-refractivity contribution < 1.29 is 14.2 Å². The third-order valence-electron chi connectivity index (χ3n) is 5.29. The molecule has 2 aliphatic heterocycles. The molecule has 2 aliphatic rings. The minimum absolute atomic E-state index is 0.113. The van der Waals surface area contributed by atoms with Crippen LogP contribution in [0.4, 0.5) is 0 Å². The highest BCUT2D eigenvalue weighted by molar-refractivity contribution is 7.10. The maximum Gasteiger partial charge on any atom is 0.223 e. The average Bonchev–Trinajstić information content (AvgIpc) is 3.44. The first-order valence-electron chi connectivity index (χ1n) is 9.74. The van der Waals surface area contributed by atoms with Crippen molar-refractivity contribution in [1.82, 2.24) is 5.01 Å². The summed E-state index contributed by atoms with van der Waals surface area (Å²) in [6.45, 7) is 2.65. The smallest absolute Gasteiger partial charge is 0.223 e. The zero-order chi connectivity index (χ0) is 19.8. The Hall–Kier alpha value is -2.99. The summed E-state index contributed by atoms with van der Waals surface area (Å²) >= 11 is 1.68. The predicted octanol–water partition coefficient (Wildman–Crippen LogP) is 5.40. The zero-order valence-electron chi connectivity index (χ0n) is 16.4. The van der Waals surface area contributed by atoms with E-state index in [-0.39, 0.29) is 12.3 Å². The predicted molar refractivity (Wildman–Crippen MR) is 114 cm³/mol. The molecule has 6 heteroatoms. The van der Waals surface area contributed by atoms with Crippen molar-refractivity contribution in [2.75, 3.05) is 13.7 Å². The highest BCUT2D eigenvalue weighted by Gasteiger charge is 2.42. The van der Waals surface area contributed by atoms with E-state index in [9.17, 15) is 0 Å². The van der Waals surface area contributed by atoms with Gasteiger partial charge in [-0.2, -0.15) is 5.10 Å². The molecule has 3 heterocycles. The lowest BCUT2D eigenvalue weighted by Crippen LogP contribution is -2.33. The Labute approximate surface area is 174 Å². The highest BCUT2D eigenvalue weighted by Crippen LogP contribution is 2.51. The first-order chi connectivity index (χ1) is 14.3. The quantitative estimate of drug-likeness (QED) is 0.569. The van der Waals surface area contributed by atoms with Gasteiger partial charge in [-0.05, 0) is 54.3 Å². The van der Waals surface area contributed by atoms with Crippen LogP contribution >= 0.6 is 11.3 Å². The fourth-order valence-electron chi connectivity index (χ4n) is 3.95. The second kappa shape index (κ2) is 7.44.